The third kappa shape index (κ3) is 20.5. The third-order valence-corrected chi connectivity index (χ3v) is 11.5. The maximum absolute atomic E-state index is 13.1. The van der Waals surface area contributed by atoms with E-state index in [9.17, 15) is 45.6 Å². The molecule has 2 fully saturated rings. The van der Waals surface area contributed by atoms with Crippen LogP contribution in [0.3, 0.4) is 0 Å². The average molecular weight is 834 g/mol. The number of hydrogen-bond donors (Lipinski definition) is 9. The van der Waals surface area contributed by atoms with Crippen LogP contribution in [0, 0.1) is 0 Å². The molecule has 58 heavy (non-hydrogen) atoms. The van der Waals surface area contributed by atoms with Crippen LogP contribution in [0.15, 0.2) is 12.2 Å². The molecule has 0 bridgehead atoms. The molecule has 12 atom stereocenters. The Labute approximate surface area is 348 Å². The maximum atomic E-state index is 13.1. The summed E-state index contributed by atoms with van der Waals surface area (Å²) >= 11 is 0. The van der Waals surface area contributed by atoms with Crippen LogP contribution in [0.4, 0.5) is 0 Å². The largest absolute Gasteiger partial charge is 0.394 e. The summed E-state index contributed by atoms with van der Waals surface area (Å²) in [4.78, 5) is 13.1. The van der Waals surface area contributed by atoms with Crippen molar-refractivity contribution < 1.29 is 64.6 Å². The zero-order chi connectivity index (χ0) is 42.5. The lowest BCUT2D eigenvalue weighted by molar-refractivity contribution is -0.359. The molecule has 2 rings (SSSR count). The predicted octanol–water partition coefficient (Wildman–Crippen LogP) is 4.43. The number of unbranched alkanes of at least 4 members (excludes halogenated alkanes) is 19. The lowest BCUT2D eigenvalue weighted by Gasteiger charge is -2.46. The molecule has 0 aromatic heterocycles. The Morgan fingerprint density at radius 1 is 0.603 bits per heavy atom. The second kappa shape index (κ2) is 32.4. The van der Waals surface area contributed by atoms with Crippen LogP contribution in [0.2, 0.25) is 0 Å². The van der Waals surface area contributed by atoms with Gasteiger partial charge in [-0.1, -0.05) is 142 Å². The fourth-order valence-corrected chi connectivity index (χ4v) is 7.65. The first-order valence-electron chi connectivity index (χ1n) is 22.9. The molecule has 342 valence electrons. The van der Waals surface area contributed by atoms with Crippen molar-refractivity contribution in [2.24, 2.45) is 0 Å². The summed E-state index contributed by atoms with van der Waals surface area (Å²) in [6.45, 7) is 2.76. The van der Waals surface area contributed by atoms with E-state index in [1.807, 2.05) is 0 Å². The van der Waals surface area contributed by atoms with Gasteiger partial charge >= 0.3 is 0 Å². The van der Waals surface area contributed by atoms with Crippen molar-refractivity contribution >= 4 is 5.91 Å². The van der Waals surface area contributed by atoms with Crippen LogP contribution < -0.4 is 5.32 Å². The number of carbonyl (C=O) groups is 1. The summed E-state index contributed by atoms with van der Waals surface area (Å²) in [5.74, 6) is -0.220. The van der Waals surface area contributed by atoms with Gasteiger partial charge in [-0.3, -0.25) is 4.79 Å². The van der Waals surface area contributed by atoms with Crippen molar-refractivity contribution in [1.29, 1.82) is 0 Å². The molecule has 2 heterocycles. The van der Waals surface area contributed by atoms with E-state index in [0.29, 0.717) is 19.3 Å². The molecular formula is C44H83NO13. The summed E-state index contributed by atoms with van der Waals surface area (Å²) in [5.41, 5.74) is 0. The van der Waals surface area contributed by atoms with Crippen LogP contribution in [0.5, 0.6) is 0 Å². The zero-order valence-electron chi connectivity index (χ0n) is 35.8. The molecule has 14 nitrogen and oxygen atoms in total. The van der Waals surface area contributed by atoms with E-state index in [2.05, 4.69) is 31.3 Å². The number of aliphatic hydroxyl groups is 8. The van der Waals surface area contributed by atoms with Crippen LogP contribution in [0.1, 0.15) is 168 Å². The summed E-state index contributed by atoms with van der Waals surface area (Å²) in [6.07, 6.45) is 13.7. The number of nitrogens with one attached hydrogen (secondary N) is 1. The van der Waals surface area contributed by atoms with Gasteiger partial charge in [0.25, 0.3) is 0 Å². The number of rotatable bonds is 34. The zero-order valence-corrected chi connectivity index (χ0v) is 35.8. The minimum atomic E-state index is -1.78. The predicted molar refractivity (Wildman–Crippen MR) is 222 cm³/mol. The lowest BCUT2D eigenvalue weighted by atomic mass is 9.97. The van der Waals surface area contributed by atoms with E-state index in [1.165, 1.54) is 64.2 Å². The summed E-state index contributed by atoms with van der Waals surface area (Å²) in [7, 11) is 0. The van der Waals surface area contributed by atoms with Gasteiger partial charge in [0.2, 0.25) is 5.91 Å². The van der Waals surface area contributed by atoms with Crippen LogP contribution in [-0.4, -0.2) is 140 Å². The molecule has 0 aliphatic carbocycles. The monoisotopic (exact) mass is 834 g/mol. The van der Waals surface area contributed by atoms with Crippen molar-refractivity contribution in [3.05, 3.63) is 12.2 Å². The minimum Gasteiger partial charge on any atom is -0.394 e. The van der Waals surface area contributed by atoms with Gasteiger partial charge in [-0.2, -0.15) is 0 Å². The van der Waals surface area contributed by atoms with Gasteiger partial charge in [0, 0.05) is 6.42 Å². The number of carbonyl (C=O) groups excluding carboxylic acids is 1. The molecule has 2 aliphatic heterocycles. The van der Waals surface area contributed by atoms with Crippen LogP contribution in [-0.2, 0) is 23.7 Å². The van der Waals surface area contributed by atoms with Crippen molar-refractivity contribution in [3.63, 3.8) is 0 Å². The van der Waals surface area contributed by atoms with Gasteiger partial charge in [-0.05, 0) is 32.1 Å². The number of allylic oxidation sites excluding steroid dienone is 2. The molecule has 12 unspecified atom stereocenters. The molecule has 0 spiro atoms. The van der Waals surface area contributed by atoms with Crippen LogP contribution >= 0.6 is 0 Å². The van der Waals surface area contributed by atoms with E-state index < -0.39 is 86.8 Å². The number of ether oxygens (including phenoxy) is 4. The molecule has 0 aromatic carbocycles. The van der Waals surface area contributed by atoms with Crippen molar-refractivity contribution in [2.45, 2.75) is 242 Å². The van der Waals surface area contributed by atoms with Crippen LogP contribution in [0.25, 0.3) is 0 Å². The average Bonchev–Trinajstić information content (AvgIpc) is 3.22. The third-order valence-electron chi connectivity index (χ3n) is 11.5. The van der Waals surface area contributed by atoms with Gasteiger partial charge < -0.3 is 65.1 Å². The van der Waals surface area contributed by atoms with E-state index in [-0.39, 0.29) is 12.5 Å². The molecular weight excluding hydrogens is 750 g/mol. The Hall–Kier alpha value is -1.27. The highest BCUT2D eigenvalue weighted by molar-refractivity contribution is 5.76. The molecule has 0 radical (unpaired) electrons. The molecule has 0 aromatic rings. The van der Waals surface area contributed by atoms with Crippen molar-refractivity contribution in [2.75, 3.05) is 19.8 Å². The highest BCUT2D eigenvalue weighted by atomic mass is 16.7. The number of aliphatic hydroxyl groups excluding tert-OH is 8. The Morgan fingerprint density at radius 2 is 1.12 bits per heavy atom. The quantitative estimate of drug-likeness (QED) is 0.0324. The molecule has 1 amide bonds. The smallest absolute Gasteiger partial charge is 0.220 e. The lowest BCUT2D eigenvalue weighted by Crippen LogP contribution is -2.65. The first-order valence-corrected chi connectivity index (χ1v) is 22.9. The highest BCUT2D eigenvalue weighted by Gasteiger charge is 2.51. The van der Waals surface area contributed by atoms with Gasteiger partial charge in [0.15, 0.2) is 12.6 Å². The fraction of sp³-hybridized carbons (Fsp3) is 0.932. The maximum Gasteiger partial charge on any atom is 0.220 e. The van der Waals surface area contributed by atoms with Gasteiger partial charge in [-0.15, -0.1) is 0 Å². The molecule has 2 saturated heterocycles. The second-order valence-corrected chi connectivity index (χ2v) is 16.5. The summed E-state index contributed by atoms with van der Waals surface area (Å²) in [5, 5.41) is 86.5. The molecule has 0 saturated carbocycles. The van der Waals surface area contributed by atoms with E-state index in [4.69, 9.17) is 18.9 Å². The van der Waals surface area contributed by atoms with E-state index in [0.717, 1.165) is 70.6 Å². The van der Waals surface area contributed by atoms with E-state index in [1.54, 1.807) is 0 Å². The topological polar surface area (TPSA) is 228 Å². The Bertz CT molecular complexity index is 1040. The highest BCUT2D eigenvalue weighted by Crippen LogP contribution is 2.30. The molecule has 14 heteroatoms. The van der Waals surface area contributed by atoms with Gasteiger partial charge in [0.05, 0.1) is 32.0 Å². The minimum absolute atomic E-state index is 0.220. The van der Waals surface area contributed by atoms with Gasteiger partial charge in [-0.25, -0.2) is 0 Å². The number of hydrogen-bond acceptors (Lipinski definition) is 13. The summed E-state index contributed by atoms with van der Waals surface area (Å²) < 4.78 is 22.7. The van der Waals surface area contributed by atoms with Crippen molar-refractivity contribution in [1.82, 2.24) is 5.32 Å². The standard InChI is InChI=1S/C44H83NO13/c1-3-5-7-9-11-13-15-16-17-18-19-21-23-25-27-33(48)32(45-36(49)28-26-24-22-20-14-12-10-8-6-4-2)31-55-43-41(54)39(52)42(35(30-47)57-43)58-44-40(53)38(51)37(50)34(29-46)56-44/h8,10,32-35,37-44,46-48,50-54H,3-7,9,11-31H2,1-2H3,(H,45,49)/b10-8-. The Morgan fingerprint density at radius 3 is 1.71 bits per heavy atom. The molecule has 2 aliphatic rings. The first kappa shape index (κ1) is 52.9. The second-order valence-electron chi connectivity index (χ2n) is 16.5. The normalized spacial score (nSPS) is 28.9. The van der Waals surface area contributed by atoms with E-state index >= 15 is 0 Å². The van der Waals surface area contributed by atoms with Crippen molar-refractivity contribution in [3.8, 4) is 0 Å². The number of amides is 1. The SMILES string of the molecule is CCC/C=C\CCCCCCCC(=O)NC(COC1OC(CO)C(OC2OC(CO)C(O)C(O)C2O)C(O)C1O)C(O)CCCCCCCCCCCCCCCC. The first-order chi connectivity index (χ1) is 28.1. The Balaban J connectivity index is 1.88. The fourth-order valence-electron chi connectivity index (χ4n) is 7.65. The molecule has 9 N–H and O–H groups in total. The Kier molecular flexibility index (Phi) is 29.6. The summed E-state index contributed by atoms with van der Waals surface area (Å²) in [6, 6.07) is -0.826. The van der Waals surface area contributed by atoms with Gasteiger partial charge in [0.1, 0.15) is 48.8 Å².